The summed E-state index contributed by atoms with van der Waals surface area (Å²) in [6.45, 7) is 7.04. The lowest BCUT2D eigenvalue weighted by Crippen LogP contribution is -2.42. The van der Waals surface area contributed by atoms with Gasteiger partial charge in [-0.3, -0.25) is 0 Å². The number of thiophene rings is 1. The highest BCUT2D eigenvalue weighted by Gasteiger charge is 2.20. The van der Waals surface area contributed by atoms with Crippen molar-refractivity contribution in [3.8, 4) is 0 Å². The minimum Gasteiger partial charge on any atom is -0.382 e. The van der Waals surface area contributed by atoms with Crippen molar-refractivity contribution in [2.75, 3.05) is 18.4 Å². The van der Waals surface area contributed by atoms with Crippen molar-refractivity contribution < 1.29 is 0 Å². The molecule has 0 bridgehead atoms. The summed E-state index contributed by atoms with van der Waals surface area (Å²) in [6, 6.07) is 3.54. The molecule has 2 heterocycles. The summed E-state index contributed by atoms with van der Waals surface area (Å²) < 4.78 is 0. The van der Waals surface area contributed by atoms with E-state index in [1.54, 1.807) is 11.3 Å². The smallest absolute Gasteiger partial charge is 0.0450 e. The molecule has 0 unspecified atom stereocenters. The molecule has 1 aromatic heterocycles. The predicted molar refractivity (Wildman–Crippen MR) is 67.7 cm³/mol. The third kappa shape index (κ3) is 2.95. The Bertz CT molecular complexity index is 274. The van der Waals surface area contributed by atoms with Crippen molar-refractivity contribution in [3.05, 3.63) is 16.8 Å². The molecule has 1 aliphatic heterocycles. The third-order valence-corrected chi connectivity index (χ3v) is 3.84. The average molecular weight is 224 g/mol. The van der Waals surface area contributed by atoms with Crippen LogP contribution in [-0.2, 0) is 0 Å². The van der Waals surface area contributed by atoms with Crippen LogP contribution in [0.25, 0.3) is 0 Å². The molecule has 2 nitrogen and oxygen atoms in total. The molecule has 15 heavy (non-hydrogen) atoms. The fraction of sp³-hybridized carbons (Fsp3) is 0.667. The molecule has 1 fully saturated rings. The zero-order valence-electron chi connectivity index (χ0n) is 9.57. The number of nitrogens with one attached hydrogen (secondary N) is 1. The third-order valence-electron chi connectivity index (χ3n) is 3.15. The van der Waals surface area contributed by atoms with Crippen molar-refractivity contribution in [2.24, 2.45) is 0 Å². The van der Waals surface area contributed by atoms with E-state index in [0.717, 1.165) is 0 Å². The van der Waals surface area contributed by atoms with E-state index in [9.17, 15) is 0 Å². The summed E-state index contributed by atoms with van der Waals surface area (Å²) in [4.78, 5) is 2.56. The number of piperidine rings is 1. The molecule has 1 saturated heterocycles. The van der Waals surface area contributed by atoms with E-state index in [1.165, 1.54) is 31.6 Å². The fourth-order valence-corrected chi connectivity index (χ4v) is 2.74. The van der Waals surface area contributed by atoms with Crippen LogP contribution in [0.2, 0.25) is 0 Å². The van der Waals surface area contributed by atoms with Gasteiger partial charge in [0.1, 0.15) is 0 Å². The van der Waals surface area contributed by atoms with Crippen LogP contribution < -0.4 is 5.32 Å². The van der Waals surface area contributed by atoms with Gasteiger partial charge >= 0.3 is 0 Å². The van der Waals surface area contributed by atoms with E-state index in [2.05, 4.69) is 40.9 Å². The summed E-state index contributed by atoms with van der Waals surface area (Å²) >= 11 is 1.76. The highest BCUT2D eigenvalue weighted by atomic mass is 32.1. The molecule has 0 aliphatic carbocycles. The molecule has 1 aliphatic rings. The summed E-state index contributed by atoms with van der Waals surface area (Å²) in [6.07, 6.45) is 2.54. The van der Waals surface area contributed by atoms with E-state index in [-0.39, 0.29) is 0 Å². The summed E-state index contributed by atoms with van der Waals surface area (Å²) in [7, 11) is 0. The van der Waals surface area contributed by atoms with Gasteiger partial charge in [-0.25, -0.2) is 0 Å². The first kappa shape index (κ1) is 11.0. The first-order valence-electron chi connectivity index (χ1n) is 5.78. The number of anilines is 1. The number of likely N-dealkylation sites (tertiary alicyclic amines) is 1. The van der Waals surface area contributed by atoms with Crippen molar-refractivity contribution in [3.63, 3.8) is 0 Å². The summed E-state index contributed by atoms with van der Waals surface area (Å²) in [5.41, 5.74) is 1.29. The zero-order valence-corrected chi connectivity index (χ0v) is 10.4. The Kier molecular flexibility index (Phi) is 3.65. The molecule has 0 saturated carbocycles. The minimum atomic E-state index is 0.676. The number of hydrogen-bond donors (Lipinski definition) is 1. The second-order valence-electron chi connectivity index (χ2n) is 4.56. The van der Waals surface area contributed by atoms with Crippen LogP contribution in [0.5, 0.6) is 0 Å². The molecule has 84 valence electrons. The van der Waals surface area contributed by atoms with E-state index < -0.39 is 0 Å². The normalized spacial score (nSPS) is 19.7. The Hall–Kier alpha value is -0.540. The molecular formula is C12H20N2S. The Morgan fingerprint density at radius 3 is 2.67 bits per heavy atom. The van der Waals surface area contributed by atoms with Crippen LogP contribution in [0.1, 0.15) is 26.7 Å². The Balaban J connectivity index is 1.79. The van der Waals surface area contributed by atoms with E-state index in [1.807, 2.05) is 0 Å². The van der Waals surface area contributed by atoms with Crippen LogP contribution in [0, 0.1) is 0 Å². The van der Waals surface area contributed by atoms with Crippen LogP contribution in [-0.4, -0.2) is 30.1 Å². The molecule has 0 amide bonds. The van der Waals surface area contributed by atoms with Gasteiger partial charge in [0.15, 0.2) is 0 Å². The molecule has 0 aromatic carbocycles. The van der Waals surface area contributed by atoms with Crippen LogP contribution >= 0.6 is 11.3 Å². The van der Waals surface area contributed by atoms with Gasteiger partial charge in [-0.2, -0.15) is 11.3 Å². The lowest BCUT2D eigenvalue weighted by molar-refractivity contribution is 0.177. The van der Waals surface area contributed by atoms with Gasteiger partial charge in [0.05, 0.1) is 0 Å². The largest absolute Gasteiger partial charge is 0.382 e. The van der Waals surface area contributed by atoms with E-state index in [4.69, 9.17) is 0 Å². The van der Waals surface area contributed by atoms with Crippen molar-refractivity contribution in [1.82, 2.24) is 4.90 Å². The Labute approximate surface area is 96.3 Å². The fourth-order valence-electron chi connectivity index (χ4n) is 2.14. The first-order chi connectivity index (χ1) is 7.25. The predicted octanol–water partition coefficient (Wildman–Crippen LogP) is 3.03. The van der Waals surface area contributed by atoms with Gasteiger partial charge in [-0.15, -0.1) is 0 Å². The van der Waals surface area contributed by atoms with Crippen molar-refractivity contribution in [1.29, 1.82) is 0 Å². The molecule has 3 heteroatoms. The van der Waals surface area contributed by atoms with Gasteiger partial charge in [0.25, 0.3) is 0 Å². The summed E-state index contributed by atoms with van der Waals surface area (Å²) in [5.74, 6) is 0. The van der Waals surface area contributed by atoms with Crippen LogP contribution in [0.15, 0.2) is 16.8 Å². The van der Waals surface area contributed by atoms with Gasteiger partial charge in [-0.1, -0.05) is 0 Å². The lowest BCUT2D eigenvalue weighted by Gasteiger charge is -2.35. The molecule has 2 rings (SSSR count). The van der Waals surface area contributed by atoms with Gasteiger partial charge in [-0.05, 0) is 38.1 Å². The standard InChI is InChI=1S/C12H20N2S/c1-10(2)14-6-3-11(4-7-14)13-12-5-8-15-9-12/h5,8-11,13H,3-4,6-7H2,1-2H3. The van der Waals surface area contributed by atoms with E-state index in [0.29, 0.717) is 12.1 Å². The monoisotopic (exact) mass is 224 g/mol. The maximum atomic E-state index is 3.60. The molecule has 0 radical (unpaired) electrons. The maximum absolute atomic E-state index is 3.60. The second-order valence-corrected chi connectivity index (χ2v) is 5.34. The topological polar surface area (TPSA) is 15.3 Å². The second kappa shape index (κ2) is 4.99. The van der Waals surface area contributed by atoms with Gasteiger partial charge in [0.2, 0.25) is 0 Å². The SMILES string of the molecule is CC(C)N1CCC(Nc2ccsc2)CC1. The molecule has 1 N–H and O–H groups in total. The number of hydrogen-bond acceptors (Lipinski definition) is 3. The Morgan fingerprint density at radius 2 is 2.13 bits per heavy atom. The molecule has 0 atom stereocenters. The van der Waals surface area contributed by atoms with Crippen molar-refractivity contribution >= 4 is 17.0 Å². The molecule has 0 spiro atoms. The Morgan fingerprint density at radius 1 is 1.40 bits per heavy atom. The van der Waals surface area contributed by atoms with Crippen LogP contribution in [0.3, 0.4) is 0 Å². The zero-order chi connectivity index (χ0) is 10.7. The first-order valence-corrected chi connectivity index (χ1v) is 6.73. The maximum Gasteiger partial charge on any atom is 0.0450 e. The van der Waals surface area contributed by atoms with Gasteiger partial charge < -0.3 is 10.2 Å². The van der Waals surface area contributed by atoms with Crippen molar-refractivity contribution in [2.45, 2.75) is 38.8 Å². The van der Waals surface area contributed by atoms with Gasteiger partial charge in [0, 0.05) is 36.2 Å². The minimum absolute atomic E-state index is 0.676. The molecule has 1 aromatic rings. The van der Waals surface area contributed by atoms with E-state index >= 15 is 0 Å². The molecular weight excluding hydrogens is 204 g/mol. The highest BCUT2D eigenvalue weighted by Crippen LogP contribution is 2.19. The number of nitrogens with zero attached hydrogens (tertiary/aromatic N) is 1. The number of rotatable bonds is 3. The summed E-state index contributed by atoms with van der Waals surface area (Å²) in [5, 5.41) is 7.92. The quantitative estimate of drug-likeness (QED) is 0.849. The average Bonchev–Trinajstić information content (AvgIpc) is 2.71. The highest BCUT2D eigenvalue weighted by molar-refractivity contribution is 7.08. The van der Waals surface area contributed by atoms with Crippen LogP contribution in [0.4, 0.5) is 5.69 Å². The lowest BCUT2D eigenvalue weighted by atomic mass is 10.0.